The fourth-order valence-corrected chi connectivity index (χ4v) is 4.77. The summed E-state index contributed by atoms with van der Waals surface area (Å²) in [6, 6.07) is 9.14. The van der Waals surface area contributed by atoms with Gasteiger partial charge in [0.15, 0.2) is 5.65 Å². The minimum Gasteiger partial charge on any atom is -0.351 e. The highest BCUT2D eigenvalue weighted by atomic mass is 35.5. The molecule has 0 N–H and O–H groups in total. The largest absolute Gasteiger partial charge is 0.351 e. The summed E-state index contributed by atoms with van der Waals surface area (Å²) in [5.41, 5.74) is 5.58. The molecule has 5 rings (SSSR count). The number of Topliss-reactive ketones (excluding diaryl/α,β-unsaturated/α-hetero) is 1. The van der Waals surface area contributed by atoms with E-state index in [-0.39, 0.29) is 24.2 Å². The molecule has 1 unspecified atom stereocenters. The molecule has 0 bridgehead atoms. The van der Waals surface area contributed by atoms with E-state index in [1.807, 2.05) is 72.6 Å². The van der Waals surface area contributed by atoms with Crippen LogP contribution in [0.2, 0.25) is 5.02 Å². The number of carbonyl (C=O) groups is 2. The summed E-state index contributed by atoms with van der Waals surface area (Å²) in [5.74, 6) is 0.640. The van der Waals surface area contributed by atoms with E-state index in [9.17, 15) is 9.59 Å². The molecular formula is C24H22ClN5O2. The first kappa shape index (κ1) is 20.5. The van der Waals surface area contributed by atoms with Crippen molar-refractivity contribution < 1.29 is 9.59 Å². The quantitative estimate of drug-likeness (QED) is 0.469. The number of hydrogen-bond donors (Lipinski definition) is 0. The molecule has 0 aliphatic carbocycles. The molecule has 7 nitrogen and oxygen atoms in total. The Bertz CT molecular complexity index is 1400. The average Bonchev–Trinajstić information content (AvgIpc) is 3.36. The minimum absolute atomic E-state index is 0.0186. The van der Waals surface area contributed by atoms with Crippen LogP contribution in [0, 0.1) is 13.8 Å². The van der Waals surface area contributed by atoms with Crippen molar-refractivity contribution in [3.63, 3.8) is 0 Å². The predicted molar refractivity (Wildman–Crippen MR) is 122 cm³/mol. The molecule has 0 saturated heterocycles. The first-order valence-electron chi connectivity index (χ1n) is 10.3. The number of fused-ring (bicyclic) bond motifs is 2. The van der Waals surface area contributed by atoms with Crippen LogP contribution < -0.4 is 4.90 Å². The smallest absolute Gasteiger partial charge is 0.261 e. The molecule has 4 heterocycles. The maximum atomic E-state index is 13.9. The lowest BCUT2D eigenvalue weighted by atomic mass is 10.0. The number of amides is 1. The number of carbonyl (C=O) groups excluding carboxylic acids is 2. The lowest BCUT2D eigenvalue weighted by Gasteiger charge is -2.27. The first-order valence-corrected chi connectivity index (χ1v) is 10.7. The highest BCUT2D eigenvalue weighted by Gasteiger charge is 2.43. The Morgan fingerprint density at radius 3 is 2.53 bits per heavy atom. The summed E-state index contributed by atoms with van der Waals surface area (Å²) in [4.78, 5) is 27.6. The van der Waals surface area contributed by atoms with Crippen molar-refractivity contribution in [3.05, 3.63) is 81.5 Å². The number of aryl methyl sites for hydroxylation is 3. The van der Waals surface area contributed by atoms with E-state index in [1.165, 1.54) is 0 Å². The summed E-state index contributed by atoms with van der Waals surface area (Å²) < 4.78 is 3.86. The number of anilines is 1. The zero-order valence-electron chi connectivity index (χ0n) is 18.3. The van der Waals surface area contributed by atoms with Crippen LogP contribution in [0.1, 0.15) is 51.5 Å². The van der Waals surface area contributed by atoms with Crippen molar-refractivity contribution in [2.75, 3.05) is 4.90 Å². The predicted octanol–water partition coefficient (Wildman–Crippen LogP) is 4.22. The van der Waals surface area contributed by atoms with Gasteiger partial charge in [0.1, 0.15) is 17.6 Å². The molecule has 162 valence electrons. The van der Waals surface area contributed by atoms with E-state index in [4.69, 9.17) is 11.6 Å². The van der Waals surface area contributed by atoms with Gasteiger partial charge in [0.25, 0.3) is 5.91 Å². The monoisotopic (exact) mass is 447 g/mol. The van der Waals surface area contributed by atoms with Gasteiger partial charge in [-0.3, -0.25) is 18.9 Å². The second-order valence-corrected chi connectivity index (χ2v) is 8.79. The molecule has 32 heavy (non-hydrogen) atoms. The Hall–Kier alpha value is -3.45. The summed E-state index contributed by atoms with van der Waals surface area (Å²) in [6.07, 6.45) is 4.01. The van der Waals surface area contributed by atoms with Crippen LogP contribution in [0.5, 0.6) is 0 Å². The van der Waals surface area contributed by atoms with Crippen molar-refractivity contribution in [2.24, 2.45) is 7.05 Å². The number of rotatable bonds is 4. The maximum Gasteiger partial charge on any atom is 0.261 e. The van der Waals surface area contributed by atoms with Crippen molar-refractivity contribution in [1.29, 1.82) is 0 Å². The third-order valence-electron chi connectivity index (χ3n) is 6.00. The van der Waals surface area contributed by atoms with Crippen molar-refractivity contribution in [1.82, 2.24) is 19.2 Å². The van der Waals surface area contributed by atoms with Gasteiger partial charge in [-0.1, -0.05) is 23.7 Å². The van der Waals surface area contributed by atoms with E-state index in [0.29, 0.717) is 10.6 Å². The van der Waals surface area contributed by atoms with Gasteiger partial charge in [0.2, 0.25) is 0 Å². The van der Waals surface area contributed by atoms with Crippen LogP contribution >= 0.6 is 11.6 Å². The Morgan fingerprint density at radius 1 is 1.12 bits per heavy atom. The molecule has 0 fully saturated rings. The Morgan fingerprint density at radius 2 is 1.84 bits per heavy atom. The number of benzene rings is 1. The second-order valence-electron chi connectivity index (χ2n) is 8.36. The van der Waals surface area contributed by atoms with Crippen LogP contribution in [-0.4, -0.2) is 30.9 Å². The molecule has 3 aromatic heterocycles. The van der Waals surface area contributed by atoms with Gasteiger partial charge < -0.3 is 4.57 Å². The maximum absolute atomic E-state index is 13.9. The molecule has 1 amide bonds. The zero-order valence-corrected chi connectivity index (χ0v) is 19.0. The second kappa shape index (κ2) is 7.31. The van der Waals surface area contributed by atoms with Gasteiger partial charge in [-0.25, -0.2) is 0 Å². The van der Waals surface area contributed by atoms with Crippen molar-refractivity contribution in [2.45, 2.75) is 33.2 Å². The van der Waals surface area contributed by atoms with Gasteiger partial charge in [0, 0.05) is 30.9 Å². The Balaban J connectivity index is 1.75. The van der Waals surface area contributed by atoms with Crippen LogP contribution in [0.25, 0.3) is 5.65 Å². The molecular weight excluding hydrogens is 426 g/mol. The topological polar surface area (TPSA) is 72.5 Å². The van der Waals surface area contributed by atoms with E-state index in [1.54, 1.807) is 11.8 Å². The molecule has 0 radical (unpaired) electrons. The van der Waals surface area contributed by atoms with E-state index in [0.717, 1.165) is 39.5 Å². The highest BCUT2D eigenvalue weighted by molar-refractivity contribution is 6.30. The van der Waals surface area contributed by atoms with E-state index >= 15 is 0 Å². The normalized spacial score (nSPS) is 15.6. The summed E-state index contributed by atoms with van der Waals surface area (Å²) in [5, 5.41) is 9.04. The Labute approximate surface area is 190 Å². The summed E-state index contributed by atoms with van der Waals surface area (Å²) in [6.45, 7) is 5.38. The van der Waals surface area contributed by atoms with Gasteiger partial charge in [-0.15, -0.1) is 10.2 Å². The molecule has 1 aromatic carbocycles. The molecule has 4 aromatic rings. The van der Waals surface area contributed by atoms with Crippen LogP contribution in [0.3, 0.4) is 0 Å². The zero-order chi connectivity index (χ0) is 22.7. The molecule has 1 aliphatic heterocycles. The summed E-state index contributed by atoms with van der Waals surface area (Å²) >= 11 is 6.14. The van der Waals surface area contributed by atoms with E-state index in [2.05, 4.69) is 10.2 Å². The fraction of sp³-hybridized carbons (Fsp3) is 0.250. The van der Waals surface area contributed by atoms with Gasteiger partial charge in [0.05, 0.1) is 16.9 Å². The van der Waals surface area contributed by atoms with Crippen LogP contribution in [0.15, 0.2) is 42.7 Å². The first-order chi connectivity index (χ1) is 15.3. The van der Waals surface area contributed by atoms with Gasteiger partial charge >= 0.3 is 0 Å². The summed E-state index contributed by atoms with van der Waals surface area (Å²) in [7, 11) is 1.92. The molecule has 1 aliphatic rings. The fourth-order valence-electron chi connectivity index (χ4n) is 4.65. The molecule has 0 spiro atoms. The number of aromatic nitrogens is 4. The van der Waals surface area contributed by atoms with E-state index < -0.39 is 0 Å². The van der Waals surface area contributed by atoms with Gasteiger partial charge in [-0.05, 0) is 55.7 Å². The Kier molecular flexibility index (Phi) is 4.67. The van der Waals surface area contributed by atoms with Crippen LogP contribution in [-0.2, 0) is 18.3 Å². The minimum atomic E-state index is -0.353. The number of hydrogen-bond acceptors (Lipinski definition) is 4. The van der Waals surface area contributed by atoms with Crippen LogP contribution in [0.4, 0.5) is 5.69 Å². The number of ketones is 1. The lowest BCUT2D eigenvalue weighted by Crippen LogP contribution is -2.30. The molecule has 1 atom stereocenters. The van der Waals surface area contributed by atoms with Gasteiger partial charge in [-0.2, -0.15) is 0 Å². The average molecular weight is 448 g/mol. The standard InChI is InChI=1S/C24H22ClN5O2/c1-13-9-19(12-29-15(3)26-27-23(13)29)30-21(16-5-7-18(25)8-6-16)22-20(24(30)32)17(10-14(2)31)11-28(22)4/h5-9,11-12,21H,10H2,1-4H3. The third kappa shape index (κ3) is 3.04. The number of nitrogens with zero attached hydrogens (tertiary/aromatic N) is 5. The molecule has 0 saturated carbocycles. The number of pyridine rings is 1. The number of halogens is 1. The lowest BCUT2D eigenvalue weighted by molar-refractivity contribution is -0.116. The highest BCUT2D eigenvalue weighted by Crippen LogP contribution is 2.44. The third-order valence-corrected chi connectivity index (χ3v) is 6.26. The molecule has 8 heteroatoms. The van der Waals surface area contributed by atoms with Crippen molar-refractivity contribution >= 4 is 34.6 Å². The van der Waals surface area contributed by atoms with Crippen molar-refractivity contribution in [3.8, 4) is 0 Å². The SMILES string of the molecule is CC(=O)Cc1cn(C)c2c1C(=O)N(c1cc(C)c3nnc(C)n3c1)C2c1ccc(Cl)cc1.